The molecule has 2 N–H and O–H groups in total. The van der Waals surface area contributed by atoms with Crippen molar-refractivity contribution in [3.63, 3.8) is 0 Å². The second-order valence-corrected chi connectivity index (χ2v) is 5.74. The highest BCUT2D eigenvalue weighted by Crippen LogP contribution is 2.25. The van der Waals surface area contributed by atoms with E-state index in [9.17, 15) is 5.11 Å². The molecule has 0 spiro atoms. The fourth-order valence-corrected chi connectivity index (χ4v) is 2.26. The quantitative estimate of drug-likeness (QED) is 0.855. The van der Waals surface area contributed by atoms with Crippen molar-refractivity contribution < 1.29 is 9.84 Å². The van der Waals surface area contributed by atoms with E-state index < -0.39 is 11.6 Å². The monoisotopic (exact) mass is 285 g/mol. The molecule has 2 rings (SSSR count). The van der Waals surface area contributed by atoms with Gasteiger partial charge in [0.1, 0.15) is 5.75 Å². The van der Waals surface area contributed by atoms with Crippen molar-refractivity contribution >= 4 is 0 Å². The summed E-state index contributed by atoms with van der Waals surface area (Å²) < 4.78 is 5.23. The lowest BCUT2D eigenvalue weighted by molar-refractivity contribution is 0.0791. The number of hydrogen-bond donors (Lipinski definition) is 2. The molecule has 2 aromatic carbocycles. The lowest BCUT2D eigenvalue weighted by atomic mass is 9.91. The van der Waals surface area contributed by atoms with Gasteiger partial charge in [-0.15, -0.1) is 0 Å². The number of rotatable bonds is 6. The van der Waals surface area contributed by atoms with Gasteiger partial charge in [0.25, 0.3) is 0 Å². The third-order valence-corrected chi connectivity index (χ3v) is 3.68. The Morgan fingerprint density at radius 3 is 2.48 bits per heavy atom. The van der Waals surface area contributed by atoms with E-state index in [1.807, 2.05) is 68.4 Å². The van der Waals surface area contributed by atoms with Crippen molar-refractivity contribution in [2.45, 2.75) is 32.0 Å². The summed E-state index contributed by atoms with van der Waals surface area (Å²) in [5.41, 5.74) is 1.62. The molecule has 0 radical (unpaired) electrons. The van der Waals surface area contributed by atoms with Crippen LogP contribution in [0.3, 0.4) is 0 Å². The van der Waals surface area contributed by atoms with Gasteiger partial charge in [0.2, 0.25) is 0 Å². The van der Waals surface area contributed by atoms with Gasteiger partial charge in [0.05, 0.1) is 13.2 Å². The molecule has 0 aliphatic carbocycles. The van der Waals surface area contributed by atoms with Crippen molar-refractivity contribution in [3.05, 3.63) is 65.7 Å². The van der Waals surface area contributed by atoms with Crippen LogP contribution in [0.4, 0.5) is 0 Å². The second-order valence-electron chi connectivity index (χ2n) is 5.74. The average Bonchev–Trinajstić information content (AvgIpc) is 2.53. The number of benzene rings is 2. The number of methoxy groups -OCH3 is 1. The van der Waals surface area contributed by atoms with E-state index in [1.54, 1.807) is 7.11 Å². The third kappa shape index (κ3) is 4.06. The fourth-order valence-electron chi connectivity index (χ4n) is 2.26. The minimum absolute atomic E-state index is 0.426. The maximum absolute atomic E-state index is 10.5. The van der Waals surface area contributed by atoms with Crippen LogP contribution in [0.15, 0.2) is 54.6 Å². The molecule has 1 atom stereocenters. The van der Waals surface area contributed by atoms with Gasteiger partial charge in [0, 0.05) is 12.1 Å². The lowest BCUT2D eigenvalue weighted by Crippen LogP contribution is -2.44. The average molecular weight is 285 g/mol. The van der Waals surface area contributed by atoms with Gasteiger partial charge in [-0.3, -0.25) is 0 Å². The predicted molar refractivity (Wildman–Crippen MR) is 85.3 cm³/mol. The number of aliphatic hydroxyl groups is 1. The second kappa shape index (κ2) is 6.74. The first-order chi connectivity index (χ1) is 10.0. The highest BCUT2D eigenvalue weighted by atomic mass is 16.5. The SMILES string of the molecule is COc1cccc(CNC(C)(C)C(O)c2ccccc2)c1. The molecule has 2 aromatic rings. The molecular weight excluding hydrogens is 262 g/mol. The summed E-state index contributed by atoms with van der Waals surface area (Å²) in [5, 5.41) is 14.0. The Bertz CT molecular complexity index is 566. The van der Waals surface area contributed by atoms with Crippen molar-refractivity contribution in [1.82, 2.24) is 5.32 Å². The largest absolute Gasteiger partial charge is 0.497 e. The molecule has 0 fully saturated rings. The van der Waals surface area contributed by atoms with Crippen LogP contribution in [0.25, 0.3) is 0 Å². The summed E-state index contributed by atoms with van der Waals surface area (Å²) >= 11 is 0. The molecule has 0 aliphatic rings. The van der Waals surface area contributed by atoms with Crippen LogP contribution < -0.4 is 10.1 Å². The smallest absolute Gasteiger partial charge is 0.119 e. The normalized spacial score (nSPS) is 13.0. The molecule has 3 nitrogen and oxygen atoms in total. The van der Waals surface area contributed by atoms with Gasteiger partial charge in [-0.1, -0.05) is 42.5 Å². The standard InChI is InChI=1S/C18H23NO2/c1-18(2,17(20)15-9-5-4-6-10-15)19-13-14-8-7-11-16(12-14)21-3/h4-12,17,19-20H,13H2,1-3H3. The van der Waals surface area contributed by atoms with Crippen molar-refractivity contribution in [1.29, 1.82) is 0 Å². The van der Waals surface area contributed by atoms with E-state index in [2.05, 4.69) is 5.32 Å². The van der Waals surface area contributed by atoms with E-state index in [4.69, 9.17) is 4.74 Å². The topological polar surface area (TPSA) is 41.5 Å². The Morgan fingerprint density at radius 2 is 1.81 bits per heavy atom. The van der Waals surface area contributed by atoms with Gasteiger partial charge in [-0.05, 0) is 37.1 Å². The first-order valence-electron chi connectivity index (χ1n) is 7.14. The van der Waals surface area contributed by atoms with Crippen LogP contribution in [-0.4, -0.2) is 17.8 Å². The molecule has 112 valence electrons. The number of ether oxygens (including phenoxy) is 1. The Kier molecular flexibility index (Phi) is 4.99. The highest BCUT2D eigenvalue weighted by Gasteiger charge is 2.28. The van der Waals surface area contributed by atoms with Crippen molar-refractivity contribution in [2.75, 3.05) is 7.11 Å². The molecule has 0 aromatic heterocycles. The summed E-state index contributed by atoms with van der Waals surface area (Å²) in [5.74, 6) is 0.843. The van der Waals surface area contributed by atoms with Crippen molar-refractivity contribution in [2.24, 2.45) is 0 Å². The Hall–Kier alpha value is -1.84. The molecule has 0 bridgehead atoms. The first kappa shape index (κ1) is 15.5. The Morgan fingerprint density at radius 1 is 1.10 bits per heavy atom. The number of nitrogens with one attached hydrogen (secondary N) is 1. The van der Waals surface area contributed by atoms with E-state index in [0.29, 0.717) is 6.54 Å². The van der Waals surface area contributed by atoms with Crippen LogP contribution in [-0.2, 0) is 6.54 Å². The minimum atomic E-state index is -0.565. The van der Waals surface area contributed by atoms with Gasteiger partial charge in [-0.25, -0.2) is 0 Å². The van der Waals surface area contributed by atoms with E-state index >= 15 is 0 Å². The Labute approximate surface area is 126 Å². The van der Waals surface area contributed by atoms with Crippen LogP contribution >= 0.6 is 0 Å². The summed E-state index contributed by atoms with van der Waals surface area (Å²) in [7, 11) is 1.66. The number of hydrogen-bond acceptors (Lipinski definition) is 3. The molecule has 0 saturated carbocycles. The zero-order valence-corrected chi connectivity index (χ0v) is 12.8. The van der Waals surface area contributed by atoms with Gasteiger partial charge < -0.3 is 15.2 Å². The fraction of sp³-hybridized carbons (Fsp3) is 0.333. The molecule has 21 heavy (non-hydrogen) atoms. The molecule has 3 heteroatoms. The first-order valence-corrected chi connectivity index (χ1v) is 7.14. The maximum atomic E-state index is 10.5. The van der Waals surface area contributed by atoms with Crippen LogP contribution in [0.2, 0.25) is 0 Å². The molecule has 0 amide bonds. The zero-order valence-electron chi connectivity index (χ0n) is 12.8. The summed E-state index contributed by atoms with van der Waals surface area (Å²) in [6.07, 6.45) is -0.565. The zero-order chi connectivity index (χ0) is 15.3. The van der Waals surface area contributed by atoms with Gasteiger partial charge in [0.15, 0.2) is 0 Å². The molecule has 0 saturated heterocycles. The number of aliphatic hydroxyl groups excluding tert-OH is 1. The third-order valence-electron chi connectivity index (χ3n) is 3.68. The lowest BCUT2D eigenvalue weighted by Gasteiger charge is -2.32. The highest BCUT2D eigenvalue weighted by molar-refractivity contribution is 5.28. The van der Waals surface area contributed by atoms with E-state index in [-0.39, 0.29) is 0 Å². The van der Waals surface area contributed by atoms with E-state index in [0.717, 1.165) is 16.9 Å². The van der Waals surface area contributed by atoms with Crippen molar-refractivity contribution in [3.8, 4) is 5.75 Å². The summed E-state index contributed by atoms with van der Waals surface area (Å²) in [6, 6.07) is 17.7. The molecule has 0 heterocycles. The minimum Gasteiger partial charge on any atom is -0.497 e. The Balaban J connectivity index is 2.03. The van der Waals surface area contributed by atoms with Crippen LogP contribution in [0, 0.1) is 0 Å². The van der Waals surface area contributed by atoms with E-state index in [1.165, 1.54) is 0 Å². The van der Waals surface area contributed by atoms with Crippen LogP contribution in [0.1, 0.15) is 31.1 Å². The van der Waals surface area contributed by atoms with Crippen LogP contribution in [0.5, 0.6) is 5.75 Å². The molecular formula is C18H23NO2. The summed E-state index contributed by atoms with van der Waals surface area (Å²) in [4.78, 5) is 0. The van der Waals surface area contributed by atoms with Gasteiger partial charge in [-0.2, -0.15) is 0 Å². The maximum Gasteiger partial charge on any atom is 0.119 e. The summed E-state index contributed by atoms with van der Waals surface area (Å²) in [6.45, 7) is 4.68. The molecule has 0 aliphatic heterocycles. The molecule has 1 unspecified atom stereocenters. The predicted octanol–water partition coefficient (Wildman–Crippen LogP) is 3.30. The van der Waals surface area contributed by atoms with Gasteiger partial charge >= 0.3 is 0 Å².